The van der Waals surface area contributed by atoms with Crippen LogP contribution < -0.4 is 11.2 Å². The van der Waals surface area contributed by atoms with Crippen LogP contribution in [0.25, 0.3) is 0 Å². The Balaban J connectivity index is 2.41. The molecular weight excluding hydrogens is 252 g/mol. The van der Waals surface area contributed by atoms with E-state index in [0.717, 1.165) is 6.42 Å². The molecule has 0 amide bonds. The largest absolute Gasteiger partial charge is 0.372 e. The van der Waals surface area contributed by atoms with Gasteiger partial charge in [-0.25, -0.2) is 4.79 Å². The van der Waals surface area contributed by atoms with Crippen molar-refractivity contribution in [2.24, 2.45) is 0 Å². The maximum Gasteiger partial charge on any atom is 0.325 e. The number of hydrogen-bond donors (Lipinski definition) is 2. The molecule has 1 aromatic heterocycles. The van der Waals surface area contributed by atoms with Gasteiger partial charge in [0.05, 0.1) is 5.56 Å². The summed E-state index contributed by atoms with van der Waals surface area (Å²) in [5.74, 6) is 0. The van der Waals surface area contributed by atoms with E-state index in [1.165, 1.54) is 6.20 Å². The fourth-order valence-corrected chi connectivity index (χ4v) is 2.10. The maximum absolute atomic E-state index is 11.4. The standard InChI is InChI=1S/C8H9BrN2O3/c9-5-1-2-14-6(5)4-3-10-8(13)11-7(4)12/h3,5-6H,1-2H2,(H2,10,11,12,13)/t5-,6+/m1/s1. The van der Waals surface area contributed by atoms with Crippen LogP contribution in [0.4, 0.5) is 0 Å². The van der Waals surface area contributed by atoms with E-state index >= 15 is 0 Å². The van der Waals surface area contributed by atoms with Crippen molar-refractivity contribution in [1.82, 2.24) is 9.97 Å². The molecule has 5 nitrogen and oxygen atoms in total. The predicted octanol–water partition coefficient (Wildman–Crippen LogP) is 0.288. The highest BCUT2D eigenvalue weighted by molar-refractivity contribution is 9.09. The Hall–Kier alpha value is -0.880. The summed E-state index contributed by atoms with van der Waals surface area (Å²) in [7, 11) is 0. The molecule has 0 saturated carbocycles. The van der Waals surface area contributed by atoms with Gasteiger partial charge in [-0.15, -0.1) is 0 Å². The summed E-state index contributed by atoms with van der Waals surface area (Å²) in [6.45, 7) is 0.624. The first-order valence-corrected chi connectivity index (χ1v) is 5.17. The van der Waals surface area contributed by atoms with Crippen molar-refractivity contribution < 1.29 is 4.74 Å². The third-order valence-corrected chi connectivity index (χ3v) is 3.11. The van der Waals surface area contributed by atoms with Crippen molar-refractivity contribution >= 4 is 15.9 Å². The number of halogens is 1. The van der Waals surface area contributed by atoms with Crippen molar-refractivity contribution in [3.05, 3.63) is 32.6 Å². The first kappa shape index (κ1) is 9.67. The summed E-state index contributed by atoms with van der Waals surface area (Å²) < 4.78 is 5.38. The monoisotopic (exact) mass is 260 g/mol. The highest BCUT2D eigenvalue weighted by atomic mass is 79.9. The van der Waals surface area contributed by atoms with E-state index in [1.807, 2.05) is 0 Å². The molecular formula is C8H9BrN2O3. The molecule has 2 rings (SSSR count). The summed E-state index contributed by atoms with van der Waals surface area (Å²) in [5, 5.41) is 0. The van der Waals surface area contributed by atoms with Crippen LogP contribution in [0.2, 0.25) is 0 Å². The van der Waals surface area contributed by atoms with E-state index in [1.54, 1.807) is 0 Å². The molecule has 1 aliphatic heterocycles. The molecule has 6 heteroatoms. The average molecular weight is 261 g/mol. The third-order valence-electron chi connectivity index (χ3n) is 2.17. The Morgan fingerprint density at radius 1 is 1.50 bits per heavy atom. The van der Waals surface area contributed by atoms with Crippen LogP contribution >= 0.6 is 15.9 Å². The number of rotatable bonds is 1. The molecule has 0 unspecified atom stereocenters. The molecule has 0 spiro atoms. The molecule has 2 atom stereocenters. The first-order chi connectivity index (χ1) is 6.68. The molecule has 1 fully saturated rings. The molecule has 0 aromatic carbocycles. The van der Waals surface area contributed by atoms with Gasteiger partial charge in [-0.1, -0.05) is 15.9 Å². The Morgan fingerprint density at radius 2 is 2.29 bits per heavy atom. The number of ether oxygens (including phenoxy) is 1. The van der Waals surface area contributed by atoms with E-state index in [2.05, 4.69) is 25.9 Å². The Bertz CT molecular complexity index is 439. The van der Waals surface area contributed by atoms with Crippen LogP contribution in [0.15, 0.2) is 15.8 Å². The van der Waals surface area contributed by atoms with Gasteiger partial charge in [0.2, 0.25) is 0 Å². The SMILES string of the molecule is O=c1[nH]cc([C@@H]2OCC[C@H]2Br)c(=O)[nH]1. The fraction of sp³-hybridized carbons (Fsp3) is 0.500. The summed E-state index contributed by atoms with van der Waals surface area (Å²) in [6.07, 6.45) is 2.00. The minimum atomic E-state index is -0.497. The lowest BCUT2D eigenvalue weighted by Crippen LogP contribution is -2.27. The third kappa shape index (κ3) is 1.67. The lowest BCUT2D eigenvalue weighted by molar-refractivity contribution is 0.113. The normalized spacial score (nSPS) is 26.6. The number of aromatic nitrogens is 2. The number of nitrogens with one attached hydrogen (secondary N) is 2. The summed E-state index contributed by atoms with van der Waals surface area (Å²) in [5.41, 5.74) is -0.419. The van der Waals surface area contributed by atoms with Gasteiger partial charge < -0.3 is 9.72 Å². The molecule has 1 aliphatic rings. The van der Waals surface area contributed by atoms with E-state index < -0.39 is 5.69 Å². The second-order valence-electron chi connectivity index (χ2n) is 3.12. The van der Waals surface area contributed by atoms with Crippen LogP contribution in [0, 0.1) is 0 Å². The van der Waals surface area contributed by atoms with Crippen LogP contribution in [0.5, 0.6) is 0 Å². The van der Waals surface area contributed by atoms with Crippen LogP contribution in [-0.2, 0) is 4.74 Å². The van der Waals surface area contributed by atoms with Gasteiger partial charge >= 0.3 is 5.69 Å². The lowest BCUT2D eigenvalue weighted by atomic mass is 10.1. The zero-order valence-electron chi connectivity index (χ0n) is 7.25. The zero-order chi connectivity index (χ0) is 10.1. The number of H-pyrrole nitrogens is 2. The van der Waals surface area contributed by atoms with E-state index in [4.69, 9.17) is 4.74 Å². The van der Waals surface area contributed by atoms with Crippen LogP contribution in [0.1, 0.15) is 18.1 Å². The number of alkyl halides is 1. The minimum Gasteiger partial charge on any atom is -0.372 e. The van der Waals surface area contributed by atoms with Gasteiger partial charge in [-0.05, 0) is 6.42 Å². The van der Waals surface area contributed by atoms with Crippen molar-refractivity contribution in [2.75, 3.05) is 6.61 Å². The highest BCUT2D eigenvalue weighted by Gasteiger charge is 2.29. The topological polar surface area (TPSA) is 75.0 Å². The molecule has 2 N–H and O–H groups in total. The number of hydrogen-bond acceptors (Lipinski definition) is 3. The number of aromatic amines is 2. The molecule has 2 heterocycles. The Morgan fingerprint density at radius 3 is 2.86 bits per heavy atom. The van der Waals surface area contributed by atoms with E-state index in [-0.39, 0.29) is 16.5 Å². The molecule has 1 saturated heterocycles. The van der Waals surface area contributed by atoms with E-state index in [9.17, 15) is 9.59 Å². The van der Waals surface area contributed by atoms with Gasteiger partial charge in [-0.3, -0.25) is 9.78 Å². The van der Waals surface area contributed by atoms with Crippen molar-refractivity contribution in [2.45, 2.75) is 17.4 Å². The Kier molecular flexibility index (Phi) is 2.56. The van der Waals surface area contributed by atoms with Crippen LogP contribution in [-0.4, -0.2) is 21.4 Å². The second kappa shape index (κ2) is 3.70. The zero-order valence-corrected chi connectivity index (χ0v) is 8.83. The molecule has 1 aromatic rings. The first-order valence-electron chi connectivity index (χ1n) is 4.26. The van der Waals surface area contributed by atoms with Gasteiger partial charge in [0.15, 0.2) is 0 Å². The van der Waals surface area contributed by atoms with Crippen molar-refractivity contribution in [3.8, 4) is 0 Å². The minimum absolute atomic E-state index is 0.134. The van der Waals surface area contributed by atoms with Gasteiger partial charge in [0.1, 0.15) is 6.10 Å². The van der Waals surface area contributed by atoms with Gasteiger partial charge in [0.25, 0.3) is 5.56 Å². The maximum atomic E-state index is 11.4. The quantitative estimate of drug-likeness (QED) is 0.713. The molecule has 0 bridgehead atoms. The summed E-state index contributed by atoms with van der Waals surface area (Å²) in [4.78, 5) is 26.9. The predicted molar refractivity (Wildman–Crippen MR) is 53.7 cm³/mol. The van der Waals surface area contributed by atoms with Gasteiger partial charge in [0, 0.05) is 17.6 Å². The molecule has 76 valence electrons. The summed E-state index contributed by atoms with van der Waals surface area (Å²) >= 11 is 3.42. The molecule has 14 heavy (non-hydrogen) atoms. The highest BCUT2D eigenvalue weighted by Crippen LogP contribution is 2.31. The van der Waals surface area contributed by atoms with Crippen molar-refractivity contribution in [3.63, 3.8) is 0 Å². The average Bonchev–Trinajstić information content (AvgIpc) is 2.52. The lowest BCUT2D eigenvalue weighted by Gasteiger charge is -2.11. The fourth-order valence-electron chi connectivity index (χ4n) is 1.48. The van der Waals surface area contributed by atoms with Gasteiger partial charge in [-0.2, -0.15) is 0 Å². The molecule has 0 radical (unpaired) electrons. The van der Waals surface area contributed by atoms with Crippen molar-refractivity contribution in [1.29, 1.82) is 0 Å². The van der Waals surface area contributed by atoms with E-state index in [0.29, 0.717) is 12.2 Å². The second-order valence-corrected chi connectivity index (χ2v) is 4.30. The smallest absolute Gasteiger partial charge is 0.325 e. The Labute approximate surface area is 87.6 Å². The summed E-state index contributed by atoms with van der Waals surface area (Å²) in [6, 6.07) is 0. The molecule has 0 aliphatic carbocycles. The van der Waals surface area contributed by atoms with Crippen LogP contribution in [0.3, 0.4) is 0 Å².